The molecule has 0 aliphatic carbocycles. The molecule has 1 aromatic rings. The molecule has 0 radical (unpaired) electrons. The van der Waals surface area contributed by atoms with E-state index in [1.165, 1.54) is 31.4 Å². The lowest BCUT2D eigenvalue weighted by Gasteiger charge is -2.00. The van der Waals surface area contributed by atoms with Crippen LogP contribution in [0.1, 0.15) is 0 Å². The number of hydrogen-bond acceptors (Lipinski definition) is 5. The summed E-state index contributed by atoms with van der Waals surface area (Å²) in [4.78, 5) is 20.3. The van der Waals surface area contributed by atoms with Gasteiger partial charge < -0.3 is 9.47 Å². The number of carbonyl (C=O) groups excluding carboxylic acids is 1. The number of benzene rings is 1. The molecule has 0 aliphatic heterocycles. The fourth-order valence-electron chi connectivity index (χ4n) is 0.774. The summed E-state index contributed by atoms with van der Waals surface area (Å²) in [7, 11) is 1.17. The number of hydrogen-bond donors (Lipinski definition) is 0. The second-order valence-corrected chi connectivity index (χ2v) is 2.31. The van der Waals surface area contributed by atoms with Crippen LogP contribution in [0.5, 0.6) is 5.75 Å². The maximum absolute atomic E-state index is 10.6. The molecule has 0 fully saturated rings. The molecule has 0 saturated heterocycles. The highest BCUT2D eigenvalue weighted by Gasteiger charge is 2.07. The molecule has 0 amide bonds. The number of nitrogens with zero attached hydrogens (tertiary/aromatic N) is 1. The SMILES string of the molecule is COC(=O)Oc1ccc([N+](=O)[O-])cc1.I. The maximum atomic E-state index is 10.6. The Hall–Kier alpha value is -1.38. The first-order chi connectivity index (χ1) is 6.63. The molecule has 15 heavy (non-hydrogen) atoms. The molecule has 82 valence electrons. The van der Waals surface area contributed by atoms with E-state index in [2.05, 4.69) is 9.47 Å². The number of nitro benzene ring substituents is 1. The highest BCUT2D eigenvalue weighted by Crippen LogP contribution is 2.17. The molecule has 0 spiro atoms. The van der Waals surface area contributed by atoms with Crippen molar-refractivity contribution in [3.05, 3.63) is 34.4 Å². The van der Waals surface area contributed by atoms with Crippen LogP contribution < -0.4 is 4.74 Å². The van der Waals surface area contributed by atoms with E-state index >= 15 is 0 Å². The Kier molecular flexibility index (Phi) is 5.60. The molecule has 0 bridgehead atoms. The summed E-state index contributed by atoms with van der Waals surface area (Å²) in [5.41, 5.74) is -0.0674. The van der Waals surface area contributed by atoms with Gasteiger partial charge in [0.1, 0.15) is 5.75 Å². The second-order valence-electron chi connectivity index (χ2n) is 2.31. The van der Waals surface area contributed by atoms with Gasteiger partial charge in [0, 0.05) is 12.1 Å². The Morgan fingerprint density at radius 1 is 1.33 bits per heavy atom. The molecule has 0 aromatic heterocycles. The first-order valence-corrected chi connectivity index (χ1v) is 3.63. The van der Waals surface area contributed by atoms with Crippen molar-refractivity contribution >= 4 is 35.8 Å². The van der Waals surface area contributed by atoms with Crippen molar-refractivity contribution in [2.24, 2.45) is 0 Å². The van der Waals surface area contributed by atoms with Gasteiger partial charge in [-0.2, -0.15) is 0 Å². The van der Waals surface area contributed by atoms with Crippen LogP contribution in [0.3, 0.4) is 0 Å². The summed E-state index contributed by atoms with van der Waals surface area (Å²) < 4.78 is 8.85. The summed E-state index contributed by atoms with van der Waals surface area (Å²) >= 11 is 0. The minimum Gasteiger partial charge on any atom is -0.437 e. The zero-order chi connectivity index (χ0) is 10.6. The fourth-order valence-corrected chi connectivity index (χ4v) is 0.774. The van der Waals surface area contributed by atoms with Crippen LogP contribution in [0.4, 0.5) is 10.5 Å². The van der Waals surface area contributed by atoms with Crippen LogP contribution in [0, 0.1) is 10.1 Å². The van der Waals surface area contributed by atoms with Crippen LogP contribution >= 0.6 is 24.0 Å². The first kappa shape index (κ1) is 13.6. The normalized spacial score (nSPS) is 8.60. The second kappa shape index (κ2) is 6.17. The molecule has 0 atom stereocenters. The predicted octanol–water partition coefficient (Wildman–Crippen LogP) is 2.36. The lowest BCUT2D eigenvalue weighted by molar-refractivity contribution is -0.384. The van der Waals surface area contributed by atoms with Crippen molar-refractivity contribution in [3.63, 3.8) is 0 Å². The molecule has 6 nitrogen and oxygen atoms in total. The summed E-state index contributed by atoms with van der Waals surface area (Å²) in [6, 6.07) is 5.10. The average Bonchev–Trinajstić information content (AvgIpc) is 2.18. The number of ether oxygens (including phenoxy) is 2. The van der Waals surface area contributed by atoms with Crippen molar-refractivity contribution in [3.8, 4) is 5.75 Å². The summed E-state index contributed by atoms with van der Waals surface area (Å²) in [5.74, 6) is 0.197. The summed E-state index contributed by atoms with van der Waals surface area (Å²) in [6.07, 6.45) is -0.862. The Morgan fingerprint density at radius 3 is 2.27 bits per heavy atom. The van der Waals surface area contributed by atoms with Crippen LogP contribution in [0.25, 0.3) is 0 Å². The molecule has 0 N–H and O–H groups in total. The third-order valence-corrected chi connectivity index (χ3v) is 1.42. The zero-order valence-corrected chi connectivity index (χ0v) is 10.0. The Bertz CT molecular complexity index is 351. The topological polar surface area (TPSA) is 78.7 Å². The van der Waals surface area contributed by atoms with E-state index in [1.807, 2.05) is 0 Å². The number of halogens is 1. The lowest BCUT2D eigenvalue weighted by atomic mass is 10.3. The van der Waals surface area contributed by atoms with Crippen LogP contribution in [0.15, 0.2) is 24.3 Å². The van der Waals surface area contributed by atoms with E-state index in [9.17, 15) is 14.9 Å². The van der Waals surface area contributed by atoms with E-state index < -0.39 is 11.1 Å². The van der Waals surface area contributed by atoms with Gasteiger partial charge in [-0.25, -0.2) is 4.79 Å². The minimum absolute atomic E-state index is 0. The van der Waals surface area contributed by atoms with E-state index in [1.54, 1.807) is 0 Å². The molecule has 1 rings (SSSR count). The predicted molar refractivity (Wildman–Crippen MR) is 61.5 cm³/mol. The average molecular weight is 325 g/mol. The summed E-state index contributed by atoms with van der Waals surface area (Å²) in [5, 5.41) is 10.3. The van der Waals surface area contributed by atoms with Crippen molar-refractivity contribution in [1.29, 1.82) is 0 Å². The van der Waals surface area contributed by atoms with Gasteiger partial charge >= 0.3 is 6.16 Å². The number of methoxy groups -OCH3 is 1. The van der Waals surface area contributed by atoms with Crippen LogP contribution in [-0.2, 0) is 4.74 Å². The van der Waals surface area contributed by atoms with Gasteiger partial charge in [-0.1, -0.05) is 0 Å². The smallest absolute Gasteiger partial charge is 0.437 e. The Balaban J connectivity index is 0.00000196. The molecular formula is C8H8INO5. The maximum Gasteiger partial charge on any atom is 0.513 e. The van der Waals surface area contributed by atoms with Crippen molar-refractivity contribution in [2.45, 2.75) is 0 Å². The van der Waals surface area contributed by atoms with Gasteiger partial charge in [0.2, 0.25) is 0 Å². The lowest BCUT2D eigenvalue weighted by Crippen LogP contribution is -2.06. The van der Waals surface area contributed by atoms with Crippen molar-refractivity contribution in [1.82, 2.24) is 0 Å². The van der Waals surface area contributed by atoms with Gasteiger partial charge in [-0.05, 0) is 12.1 Å². The van der Waals surface area contributed by atoms with E-state index in [0.29, 0.717) is 0 Å². The summed E-state index contributed by atoms with van der Waals surface area (Å²) in [6.45, 7) is 0. The van der Waals surface area contributed by atoms with Crippen LogP contribution in [0.2, 0.25) is 0 Å². The minimum atomic E-state index is -0.862. The largest absolute Gasteiger partial charge is 0.513 e. The van der Waals surface area contributed by atoms with E-state index in [4.69, 9.17) is 0 Å². The molecule has 7 heteroatoms. The van der Waals surface area contributed by atoms with E-state index in [-0.39, 0.29) is 35.4 Å². The molecule has 0 unspecified atom stereocenters. The monoisotopic (exact) mass is 325 g/mol. The highest BCUT2D eigenvalue weighted by molar-refractivity contribution is 14.0. The van der Waals surface area contributed by atoms with Gasteiger partial charge in [0.05, 0.1) is 12.0 Å². The fraction of sp³-hybridized carbons (Fsp3) is 0.125. The van der Waals surface area contributed by atoms with Crippen molar-refractivity contribution in [2.75, 3.05) is 7.11 Å². The number of nitro groups is 1. The number of non-ortho nitro benzene ring substituents is 1. The number of carbonyl (C=O) groups is 1. The number of rotatable bonds is 2. The quantitative estimate of drug-likeness (QED) is 0.274. The van der Waals surface area contributed by atoms with Gasteiger partial charge in [0.15, 0.2) is 0 Å². The van der Waals surface area contributed by atoms with Gasteiger partial charge in [-0.3, -0.25) is 10.1 Å². The van der Waals surface area contributed by atoms with E-state index in [0.717, 1.165) is 0 Å². The van der Waals surface area contributed by atoms with Gasteiger partial charge in [-0.15, -0.1) is 24.0 Å². The molecule has 1 aromatic carbocycles. The Labute approximate surface area is 102 Å². The highest BCUT2D eigenvalue weighted by atomic mass is 127. The van der Waals surface area contributed by atoms with Gasteiger partial charge in [0.25, 0.3) is 5.69 Å². The van der Waals surface area contributed by atoms with Crippen LogP contribution in [-0.4, -0.2) is 18.2 Å². The zero-order valence-electron chi connectivity index (χ0n) is 7.71. The third-order valence-electron chi connectivity index (χ3n) is 1.42. The molecule has 0 saturated carbocycles. The molecular weight excluding hydrogens is 317 g/mol. The standard InChI is InChI=1S/C8H7NO5.HI/c1-13-8(10)14-7-4-2-6(3-5-7)9(11)12;/h2-5H,1H3;1H. The molecule has 0 heterocycles. The first-order valence-electron chi connectivity index (χ1n) is 3.63. The molecule has 0 aliphatic rings. The van der Waals surface area contributed by atoms with Crippen molar-refractivity contribution < 1.29 is 19.2 Å². The third kappa shape index (κ3) is 4.11. The Morgan fingerprint density at radius 2 is 1.87 bits per heavy atom.